The van der Waals surface area contributed by atoms with Gasteiger partial charge in [0, 0.05) is 67.1 Å². The lowest BCUT2D eigenvalue weighted by atomic mass is 10.0. The molecule has 288 valence electrons. The Morgan fingerprint density at radius 2 is 1.64 bits per heavy atom. The third-order valence-electron chi connectivity index (χ3n) is 9.96. The predicted molar refractivity (Wildman–Crippen MR) is 217 cm³/mol. The Hall–Kier alpha value is -4.79. The summed E-state index contributed by atoms with van der Waals surface area (Å²) in [5, 5.41) is 11.8. The molecule has 3 amide bonds. The van der Waals surface area contributed by atoms with Crippen LogP contribution in [0.1, 0.15) is 48.8 Å². The van der Waals surface area contributed by atoms with E-state index in [1.807, 2.05) is 66.9 Å². The number of nitrogens with two attached hydrogens (primary N) is 2. The number of aromatic amines is 1. The van der Waals surface area contributed by atoms with E-state index in [-0.39, 0.29) is 30.7 Å². The Labute approximate surface area is 330 Å². The Bertz CT molecular complexity index is 2100. The predicted octanol–water partition coefficient (Wildman–Crippen LogP) is 4.94. The summed E-state index contributed by atoms with van der Waals surface area (Å²) < 4.78 is 0. The van der Waals surface area contributed by atoms with Crippen molar-refractivity contribution in [3.8, 4) is 11.1 Å². The van der Waals surface area contributed by atoms with Gasteiger partial charge in [0.25, 0.3) is 0 Å². The SMILES string of the molecule is CN1C(=O)C(CCCCN)NC(=O)C(CCCN)NCc2cccnc2Sc2c(Cl)cc(-c3ccncc3)cc2CNC(=O)C1Cc1c[nH]c2ccccc12. The van der Waals surface area contributed by atoms with Crippen LogP contribution in [-0.2, 0) is 33.9 Å². The molecule has 1 aliphatic heterocycles. The lowest BCUT2D eigenvalue weighted by Gasteiger charge is -2.32. The second-order valence-corrected chi connectivity index (χ2v) is 15.1. The molecule has 3 unspecified atom stereocenters. The summed E-state index contributed by atoms with van der Waals surface area (Å²) in [6.07, 6.45) is 10.0. The smallest absolute Gasteiger partial charge is 0.245 e. The number of carbonyl (C=O) groups excluding carboxylic acids is 3. The number of hydrogen-bond acceptors (Lipinski definition) is 9. The van der Waals surface area contributed by atoms with Gasteiger partial charge in [-0.2, -0.15) is 0 Å². The highest BCUT2D eigenvalue weighted by Gasteiger charge is 2.34. The highest BCUT2D eigenvalue weighted by Crippen LogP contribution is 2.39. The molecule has 0 bridgehead atoms. The molecule has 3 atom stereocenters. The number of amides is 3. The fourth-order valence-electron chi connectivity index (χ4n) is 6.87. The number of unbranched alkanes of at least 4 members (excludes halogenated alkanes) is 1. The number of carbonyl (C=O) groups is 3. The van der Waals surface area contributed by atoms with E-state index in [0.29, 0.717) is 61.8 Å². The van der Waals surface area contributed by atoms with Crippen molar-refractivity contribution in [2.45, 2.75) is 79.7 Å². The molecule has 8 N–H and O–H groups in total. The van der Waals surface area contributed by atoms with Gasteiger partial charge in [0.1, 0.15) is 17.1 Å². The van der Waals surface area contributed by atoms with E-state index in [9.17, 15) is 14.4 Å². The molecule has 2 aromatic carbocycles. The molecule has 14 heteroatoms. The number of benzene rings is 2. The van der Waals surface area contributed by atoms with Crippen LogP contribution in [0.4, 0.5) is 0 Å². The Kier molecular flexibility index (Phi) is 13.9. The molecule has 55 heavy (non-hydrogen) atoms. The van der Waals surface area contributed by atoms with Crippen molar-refractivity contribution >= 4 is 52.0 Å². The van der Waals surface area contributed by atoms with Gasteiger partial charge in [-0.05, 0) is 109 Å². The van der Waals surface area contributed by atoms with E-state index < -0.39 is 18.1 Å². The Morgan fingerprint density at radius 3 is 2.44 bits per heavy atom. The lowest BCUT2D eigenvalue weighted by molar-refractivity contribution is -0.142. The number of fused-ring (bicyclic) bond motifs is 3. The van der Waals surface area contributed by atoms with Gasteiger partial charge in [-0.15, -0.1) is 0 Å². The largest absolute Gasteiger partial charge is 0.361 e. The standard InChI is InChI=1S/C41H48ClN9O3S/c1-51-36(22-29-24-47-33-10-3-2-9-31(29)33)39(53)49-25-30-20-28(26-13-18-45-19-14-26)21-32(42)37(30)55-40-27(8-7-17-46-40)23-48-34(12-6-16-44)38(52)50-35(41(51)54)11-4-5-15-43/h2-3,7-10,13-14,17-21,24,34-36,47-48H,4-6,11-12,15-16,22-23,25,43-44H2,1H3,(H,49,53)(H,50,52). The van der Waals surface area contributed by atoms with Crippen molar-refractivity contribution < 1.29 is 14.4 Å². The van der Waals surface area contributed by atoms with Gasteiger partial charge in [0.15, 0.2) is 0 Å². The van der Waals surface area contributed by atoms with E-state index in [1.165, 1.54) is 16.7 Å². The van der Waals surface area contributed by atoms with Crippen LogP contribution < -0.4 is 27.4 Å². The molecule has 0 aliphatic carbocycles. The lowest BCUT2D eigenvalue weighted by Crippen LogP contribution is -2.57. The number of rotatable bonds is 10. The first-order chi connectivity index (χ1) is 26.8. The molecule has 0 spiro atoms. The van der Waals surface area contributed by atoms with Crippen molar-refractivity contribution in [1.29, 1.82) is 0 Å². The summed E-state index contributed by atoms with van der Waals surface area (Å²) >= 11 is 8.49. The first kappa shape index (κ1) is 39.9. The zero-order valence-corrected chi connectivity index (χ0v) is 32.5. The van der Waals surface area contributed by atoms with E-state index in [1.54, 1.807) is 25.6 Å². The van der Waals surface area contributed by atoms with Gasteiger partial charge in [-0.25, -0.2) is 4.98 Å². The Balaban J connectivity index is 1.44. The summed E-state index contributed by atoms with van der Waals surface area (Å²) in [5.41, 5.74) is 17.0. The van der Waals surface area contributed by atoms with Gasteiger partial charge in [0.05, 0.1) is 11.1 Å². The van der Waals surface area contributed by atoms with Gasteiger partial charge < -0.3 is 37.3 Å². The number of nitrogens with zero attached hydrogens (tertiary/aromatic N) is 3. The summed E-state index contributed by atoms with van der Waals surface area (Å²) in [6.45, 7) is 1.32. The quantitative estimate of drug-likeness (QED) is 0.107. The third kappa shape index (κ3) is 9.91. The van der Waals surface area contributed by atoms with Crippen LogP contribution in [0.5, 0.6) is 0 Å². The number of hydrogen-bond donors (Lipinski definition) is 6. The van der Waals surface area contributed by atoms with Gasteiger partial charge in [0.2, 0.25) is 17.7 Å². The average molecular weight is 782 g/mol. The zero-order chi connectivity index (χ0) is 38.7. The average Bonchev–Trinajstić information content (AvgIpc) is 3.62. The van der Waals surface area contributed by atoms with Crippen molar-refractivity contribution in [1.82, 2.24) is 35.8 Å². The second-order valence-electron chi connectivity index (χ2n) is 13.7. The van der Waals surface area contributed by atoms with Gasteiger partial charge in [-0.1, -0.05) is 47.6 Å². The molecule has 1 aliphatic rings. The first-order valence-electron chi connectivity index (χ1n) is 18.6. The number of para-hydroxylation sites is 1. The summed E-state index contributed by atoms with van der Waals surface area (Å²) in [4.78, 5) is 57.5. The van der Waals surface area contributed by atoms with Gasteiger partial charge >= 0.3 is 0 Å². The minimum Gasteiger partial charge on any atom is -0.361 e. The molecule has 0 saturated carbocycles. The van der Waals surface area contributed by atoms with Crippen LogP contribution in [0, 0.1) is 0 Å². The third-order valence-corrected chi connectivity index (χ3v) is 11.6. The maximum atomic E-state index is 14.5. The van der Waals surface area contributed by atoms with Crippen LogP contribution in [0.15, 0.2) is 95.4 Å². The molecule has 12 nitrogen and oxygen atoms in total. The van der Waals surface area contributed by atoms with E-state index >= 15 is 0 Å². The van der Waals surface area contributed by atoms with Crippen LogP contribution in [0.25, 0.3) is 22.0 Å². The topological polar surface area (TPSA) is 184 Å². The van der Waals surface area contributed by atoms with Crippen molar-refractivity contribution in [3.63, 3.8) is 0 Å². The normalized spacial score (nSPS) is 18.7. The molecule has 5 aromatic rings. The summed E-state index contributed by atoms with van der Waals surface area (Å²) in [7, 11) is 1.63. The molecule has 6 rings (SSSR count). The Morgan fingerprint density at radius 1 is 0.855 bits per heavy atom. The highest BCUT2D eigenvalue weighted by atomic mass is 35.5. The van der Waals surface area contributed by atoms with Crippen molar-refractivity contribution in [3.05, 3.63) is 107 Å². The fourth-order valence-corrected chi connectivity index (χ4v) is 8.22. The summed E-state index contributed by atoms with van der Waals surface area (Å²) in [5.74, 6) is -1.02. The van der Waals surface area contributed by atoms with Crippen molar-refractivity contribution in [2.24, 2.45) is 11.5 Å². The molecular formula is C41H48ClN9O3S. The molecule has 3 aromatic heterocycles. The number of halogens is 1. The molecule has 0 saturated heterocycles. The monoisotopic (exact) mass is 781 g/mol. The molecular weight excluding hydrogens is 734 g/mol. The minimum atomic E-state index is -0.917. The fraction of sp³-hybridized carbons (Fsp3) is 0.341. The highest BCUT2D eigenvalue weighted by molar-refractivity contribution is 7.99. The second kappa shape index (κ2) is 19.2. The maximum Gasteiger partial charge on any atom is 0.245 e. The molecule has 4 heterocycles. The van der Waals surface area contributed by atoms with Crippen LogP contribution in [0.3, 0.4) is 0 Å². The first-order valence-corrected chi connectivity index (χ1v) is 19.8. The minimum absolute atomic E-state index is 0.129. The number of likely N-dealkylation sites (N-methyl/N-ethyl adjacent to an activating group) is 1. The number of nitrogens with one attached hydrogen (secondary N) is 4. The van der Waals surface area contributed by atoms with E-state index in [0.717, 1.165) is 43.6 Å². The van der Waals surface area contributed by atoms with Crippen LogP contribution in [-0.4, -0.2) is 75.8 Å². The molecule has 0 radical (unpaired) electrons. The number of aromatic nitrogens is 3. The van der Waals surface area contributed by atoms with Crippen LogP contribution >= 0.6 is 23.4 Å². The number of pyridine rings is 2. The van der Waals surface area contributed by atoms with Gasteiger partial charge in [-0.3, -0.25) is 19.4 Å². The van der Waals surface area contributed by atoms with E-state index in [2.05, 4.69) is 25.9 Å². The number of H-pyrrole nitrogens is 1. The molecule has 0 fully saturated rings. The zero-order valence-electron chi connectivity index (χ0n) is 30.9. The maximum absolute atomic E-state index is 14.5. The van der Waals surface area contributed by atoms with Crippen LogP contribution in [0.2, 0.25) is 5.02 Å². The summed E-state index contributed by atoms with van der Waals surface area (Å²) in [6, 6.07) is 16.9. The van der Waals surface area contributed by atoms with E-state index in [4.69, 9.17) is 28.1 Å². The van der Waals surface area contributed by atoms with Crippen molar-refractivity contribution in [2.75, 3.05) is 20.1 Å².